The summed E-state index contributed by atoms with van der Waals surface area (Å²) in [6, 6.07) is 3.27. The molecule has 2 amide bonds. The third-order valence-electron chi connectivity index (χ3n) is 4.74. The molecule has 1 atom stereocenters. The van der Waals surface area contributed by atoms with Gasteiger partial charge in [-0.1, -0.05) is 0 Å². The van der Waals surface area contributed by atoms with E-state index in [0.717, 1.165) is 36.3 Å². The summed E-state index contributed by atoms with van der Waals surface area (Å²) in [5.41, 5.74) is 0.888. The summed E-state index contributed by atoms with van der Waals surface area (Å²) in [4.78, 5) is 31.8. The fraction of sp³-hybridized carbons (Fsp3) is 0.529. The van der Waals surface area contributed by atoms with E-state index in [4.69, 9.17) is 0 Å². The molecular weight excluding hydrogens is 338 g/mol. The summed E-state index contributed by atoms with van der Waals surface area (Å²) >= 11 is 1.46. The van der Waals surface area contributed by atoms with Crippen molar-refractivity contribution in [3.05, 3.63) is 39.3 Å². The molecule has 1 N–H and O–H groups in total. The fourth-order valence-corrected chi connectivity index (χ4v) is 3.91. The molecule has 0 aromatic carbocycles. The number of rotatable bonds is 4. The van der Waals surface area contributed by atoms with Crippen LogP contribution in [0.2, 0.25) is 0 Å². The number of aryl methyl sites for hydroxylation is 1. The highest BCUT2D eigenvalue weighted by Crippen LogP contribution is 2.38. The maximum atomic E-state index is 12.6. The summed E-state index contributed by atoms with van der Waals surface area (Å²) in [6.45, 7) is 3.10. The van der Waals surface area contributed by atoms with E-state index >= 15 is 0 Å². The van der Waals surface area contributed by atoms with Crippen LogP contribution in [0.25, 0.3) is 0 Å². The van der Waals surface area contributed by atoms with Crippen molar-refractivity contribution in [2.75, 3.05) is 11.9 Å². The fourth-order valence-electron chi connectivity index (χ4n) is 3.26. The van der Waals surface area contributed by atoms with Gasteiger partial charge in [-0.3, -0.25) is 10.1 Å². The highest BCUT2D eigenvalue weighted by atomic mass is 32.1. The first-order chi connectivity index (χ1) is 12.1. The van der Waals surface area contributed by atoms with Crippen molar-refractivity contribution in [1.29, 1.82) is 0 Å². The molecule has 8 heteroatoms. The Morgan fingerprint density at radius 3 is 2.92 bits per heavy atom. The Morgan fingerprint density at radius 2 is 2.20 bits per heavy atom. The molecule has 1 aliphatic carbocycles. The second-order valence-corrected chi connectivity index (χ2v) is 7.98. The van der Waals surface area contributed by atoms with Gasteiger partial charge in [0.1, 0.15) is 0 Å². The Morgan fingerprint density at radius 1 is 1.36 bits per heavy atom. The SMILES string of the molecule is Cc1cnc(NC(=O)N2CCCC2Cn2nc(C3CC3)ccc2=O)s1. The second kappa shape index (κ2) is 6.59. The first-order valence-corrected chi connectivity index (χ1v) is 9.50. The Hall–Kier alpha value is -2.22. The number of amides is 2. The lowest BCUT2D eigenvalue weighted by molar-refractivity contribution is 0.198. The monoisotopic (exact) mass is 359 g/mol. The predicted octanol–water partition coefficient (Wildman–Crippen LogP) is 2.58. The topological polar surface area (TPSA) is 80.1 Å². The van der Waals surface area contributed by atoms with Crippen LogP contribution in [0.15, 0.2) is 23.1 Å². The molecule has 0 spiro atoms. The molecule has 1 saturated carbocycles. The van der Waals surface area contributed by atoms with E-state index in [2.05, 4.69) is 15.4 Å². The number of hydrogen-bond acceptors (Lipinski definition) is 5. The number of likely N-dealkylation sites (tertiary alicyclic amines) is 1. The lowest BCUT2D eigenvalue weighted by Gasteiger charge is -2.24. The number of urea groups is 1. The quantitative estimate of drug-likeness (QED) is 0.910. The van der Waals surface area contributed by atoms with Crippen LogP contribution in [0.4, 0.5) is 9.93 Å². The van der Waals surface area contributed by atoms with Crippen LogP contribution in [0.1, 0.15) is 42.2 Å². The maximum absolute atomic E-state index is 12.6. The van der Waals surface area contributed by atoms with E-state index in [0.29, 0.717) is 24.1 Å². The van der Waals surface area contributed by atoms with Crippen molar-refractivity contribution in [2.45, 2.75) is 51.1 Å². The summed E-state index contributed by atoms with van der Waals surface area (Å²) in [7, 11) is 0. The summed E-state index contributed by atoms with van der Waals surface area (Å²) < 4.78 is 1.53. The molecule has 4 rings (SSSR count). The molecule has 7 nitrogen and oxygen atoms in total. The van der Waals surface area contributed by atoms with Crippen molar-refractivity contribution in [2.24, 2.45) is 0 Å². The van der Waals surface area contributed by atoms with E-state index in [1.54, 1.807) is 17.2 Å². The van der Waals surface area contributed by atoms with Gasteiger partial charge in [-0.25, -0.2) is 14.5 Å². The minimum atomic E-state index is -0.150. The zero-order valence-corrected chi connectivity index (χ0v) is 15.0. The third-order valence-corrected chi connectivity index (χ3v) is 5.57. The summed E-state index contributed by atoms with van der Waals surface area (Å²) in [6.07, 6.45) is 5.86. The molecule has 0 radical (unpaired) electrons. The lowest BCUT2D eigenvalue weighted by Crippen LogP contribution is -2.42. The van der Waals surface area contributed by atoms with Gasteiger partial charge in [0.15, 0.2) is 5.13 Å². The number of carbonyl (C=O) groups excluding carboxylic acids is 1. The molecule has 0 bridgehead atoms. The highest BCUT2D eigenvalue weighted by molar-refractivity contribution is 7.15. The number of thiazole rings is 1. The van der Waals surface area contributed by atoms with Crippen molar-refractivity contribution in [3.63, 3.8) is 0 Å². The molecule has 25 heavy (non-hydrogen) atoms. The molecule has 1 unspecified atom stereocenters. The average molecular weight is 359 g/mol. The maximum Gasteiger partial charge on any atom is 0.323 e. The first-order valence-electron chi connectivity index (χ1n) is 8.68. The number of hydrogen-bond donors (Lipinski definition) is 1. The van der Waals surface area contributed by atoms with Crippen LogP contribution in [0.5, 0.6) is 0 Å². The second-order valence-electron chi connectivity index (χ2n) is 6.75. The molecule has 2 aromatic heterocycles. The van der Waals surface area contributed by atoms with Crippen LogP contribution in [-0.2, 0) is 6.54 Å². The third kappa shape index (κ3) is 3.58. The average Bonchev–Trinajstić information content (AvgIpc) is 3.20. The number of anilines is 1. The minimum Gasteiger partial charge on any atom is -0.320 e. The minimum absolute atomic E-state index is 0.0132. The highest BCUT2D eigenvalue weighted by Gasteiger charge is 2.31. The number of nitrogens with one attached hydrogen (secondary N) is 1. The van der Waals surface area contributed by atoms with Gasteiger partial charge in [0.05, 0.1) is 18.3 Å². The Kier molecular flexibility index (Phi) is 4.29. The molecular formula is C17H21N5O2S. The van der Waals surface area contributed by atoms with Gasteiger partial charge in [-0.2, -0.15) is 5.10 Å². The van der Waals surface area contributed by atoms with Crippen LogP contribution in [0, 0.1) is 6.92 Å². The summed E-state index contributed by atoms with van der Waals surface area (Å²) in [5, 5.41) is 7.99. The van der Waals surface area contributed by atoms with Gasteiger partial charge in [0.25, 0.3) is 5.56 Å². The molecule has 1 saturated heterocycles. The van der Waals surface area contributed by atoms with E-state index in [-0.39, 0.29) is 17.6 Å². The molecule has 132 valence electrons. The smallest absolute Gasteiger partial charge is 0.320 e. The lowest BCUT2D eigenvalue weighted by atomic mass is 10.2. The van der Waals surface area contributed by atoms with Crippen LogP contribution in [0.3, 0.4) is 0 Å². The molecule has 2 aliphatic rings. The van der Waals surface area contributed by atoms with Crippen LogP contribution >= 0.6 is 11.3 Å². The number of carbonyl (C=O) groups is 1. The zero-order valence-electron chi connectivity index (χ0n) is 14.1. The van der Waals surface area contributed by atoms with E-state index in [9.17, 15) is 9.59 Å². The predicted molar refractivity (Wildman–Crippen MR) is 96.1 cm³/mol. The molecule has 1 aliphatic heterocycles. The van der Waals surface area contributed by atoms with Crippen LogP contribution < -0.4 is 10.9 Å². The van der Waals surface area contributed by atoms with E-state index < -0.39 is 0 Å². The Labute approximate surface area is 149 Å². The van der Waals surface area contributed by atoms with Gasteiger partial charge in [-0.05, 0) is 38.7 Å². The van der Waals surface area contributed by atoms with Gasteiger partial charge in [-0.15, -0.1) is 11.3 Å². The largest absolute Gasteiger partial charge is 0.323 e. The first kappa shape index (κ1) is 16.3. The molecule has 2 fully saturated rings. The van der Waals surface area contributed by atoms with Crippen LogP contribution in [-0.4, -0.2) is 38.3 Å². The number of aromatic nitrogens is 3. The Balaban J connectivity index is 1.47. The van der Waals surface area contributed by atoms with Crippen molar-refractivity contribution >= 4 is 22.5 Å². The zero-order chi connectivity index (χ0) is 17.4. The number of nitrogens with zero attached hydrogens (tertiary/aromatic N) is 4. The Bertz CT molecular complexity index is 842. The standard InChI is InChI=1S/C17H21N5O2S/c1-11-9-18-16(25-11)19-17(24)21-8-2-3-13(21)10-22-15(23)7-6-14(20-22)12-4-5-12/h6-7,9,12-13H,2-5,8,10H2,1H3,(H,18,19,24). The van der Waals surface area contributed by atoms with Gasteiger partial charge < -0.3 is 4.90 Å². The normalized spacial score (nSPS) is 20.0. The molecule has 3 heterocycles. The van der Waals surface area contributed by atoms with Gasteiger partial charge in [0, 0.05) is 29.6 Å². The van der Waals surface area contributed by atoms with Crippen molar-refractivity contribution < 1.29 is 4.79 Å². The van der Waals surface area contributed by atoms with E-state index in [1.165, 1.54) is 16.0 Å². The van der Waals surface area contributed by atoms with Crippen molar-refractivity contribution in [3.8, 4) is 0 Å². The van der Waals surface area contributed by atoms with Gasteiger partial charge in [0.2, 0.25) is 0 Å². The molecule has 2 aromatic rings. The summed E-state index contributed by atoms with van der Waals surface area (Å²) in [5.74, 6) is 0.503. The van der Waals surface area contributed by atoms with E-state index in [1.807, 2.05) is 13.0 Å². The van der Waals surface area contributed by atoms with Gasteiger partial charge >= 0.3 is 6.03 Å². The van der Waals surface area contributed by atoms with Crippen molar-refractivity contribution in [1.82, 2.24) is 19.7 Å².